The number of guanidine groups is 1. The van der Waals surface area contributed by atoms with Crippen molar-refractivity contribution in [1.29, 1.82) is 0 Å². The first kappa shape index (κ1) is 24.4. The van der Waals surface area contributed by atoms with Crippen molar-refractivity contribution in [3.63, 3.8) is 0 Å². The van der Waals surface area contributed by atoms with E-state index in [1.807, 2.05) is 13.0 Å². The molecule has 0 bridgehead atoms. The molecule has 1 unspecified atom stereocenters. The number of nitrogens with one attached hydrogen (secondary N) is 2. The maximum absolute atomic E-state index is 5.65. The van der Waals surface area contributed by atoms with Gasteiger partial charge in [-0.1, -0.05) is 45.0 Å². The summed E-state index contributed by atoms with van der Waals surface area (Å²) in [7, 11) is 1.75. The minimum atomic E-state index is 0.0651. The van der Waals surface area contributed by atoms with Gasteiger partial charge in [0, 0.05) is 26.8 Å². The average Bonchev–Trinajstić information content (AvgIpc) is 2.65. The molecule has 0 saturated carbocycles. The second-order valence-electron chi connectivity index (χ2n) is 7.74. The Hall–Kier alpha value is -1.63. The molecule has 0 spiro atoms. The van der Waals surface area contributed by atoms with Crippen LogP contribution in [0, 0.1) is 5.41 Å². The highest BCUT2D eigenvalue weighted by atomic mass is 16.5. The fourth-order valence-corrected chi connectivity index (χ4v) is 2.71. The lowest BCUT2D eigenvalue weighted by Crippen LogP contribution is -2.45. The van der Waals surface area contributed by atoms with Gasteiger partial charge in [-0.3, -0.25) is 0 Å². The molecule has 0 aliphatic rings. The van der Waals surface area contributed by atoms with Crippen molar-refractivity contribution in [1.82, 2.24) is 10.6 Å². The van der Waals surface area contributed by atoms with Crippen LogP contribution in [0.15, 0.2) is 29.3 Å². The van der Waals surface area contributed by atoms with E-state index in [1.165, 1.54) is 0 Å². The molecule has 28 heavy (non-hydrogen) atoms. The van der Waals surface area contributed by atoms with E-state index in [2.05, 4.69) is 56.5 Å². The standard InChI is InChI=1S/C22H39N3O3/c1-7-23-21(25-16-20(26-6)22(3,4)5)24-15-18-10-9-11-19(14-18)17-28-13-12-27-8-2/h9-11,14,20H,7-8,12-13,15-17H2,1-6H3,(H2,23,24,25). The Morgan fingerprint density at radius 3 is 2.43 bits per heavy atom. The highest BCUT2D eigenvalue weighted by Crippen LogP contribution is 2.20. The van der Waals surface area contributed by atoms with Crippen LogP contribution in [-0.2, 0) is 27.4 Å². The lowest BCUT2D eigenvalue weighted by atomic mass is 9.89. The minimum Gasteiger partial charge on any atom is -0.379 e. The van der Waals surface area contributed by atoms with Gasteiger partial charge >= 0.3 is 0 Å². The number of hydrogen-bond donors (Lipinski definition) is 2. The molecule has 6 nitrogen and oxygen atoms in total. The lowest BCUT2D eigenvalue weighted by molar-refractivity contribution is 0.0205. The molecule has 0 heterocycles. The average molecular weight is 394 g/mol. The van der Waals surface area contributed by atoms with Gasteiger partial charge in [0.25, 0.3) is 0 Å². The topological polar surface area (TPSA) is 64.1 Å². The monoisotopic (exact) mass is 393 g/mol. The van der Waals surface area contributed by atoms with Crippen LogP contribution in [-0.4, -0.2) is 52.1 Å². The van der Waals surface area contributed by atoms with Crippen molar-refractivity contribution in [2.75, 3.05) is 40.0 Å². The van der Waals surface area contributed by atoms with Crippen LogP contribution in [0.4, 0.5) is 0 Å². The van der Waals surface area contributed by atoms with Crippen LogP contribution in [0.1, 0.15) is 45.7 Å². The van der Waals surface area contributed by atoms with E-state index in [0.717, 1.165) is 30.2 Å². The summed E-state index contributed by atoms with van der Waals surface area (Å²) >= 11 is 0. The number of aliphatic imine (C=N–C) groups is 1. The molecule has 0 amide bonds. The van der Waals surface area contributed by atoms with Crippen molar-refractivity contribution >= 4 is 5.96 Å². The van der Waals surface area contributed by atoms with E-state index in [4.69, 9.17) is 19.2 Å². The molecule has 0 aliphatic heterocycles. The Balaban J connectivity index is 2.60. The molecule has 1 rings (SSSR count). The molecule has 1 aromatic rings. The summed E-state index contributed by atoms with van der Waals surface area (Å²) in [5, 5.41) is 6.69. The number of methoxy groups -OCH3 is 1. The van der Waals surface area contributed by atoms with Gasteiger partial charge in [0.15, 0.2) is 5.96 Å². The minimum absolute atomic E-state index is 0.0651. The number of rotatable bonds is 12. The van der Waals surface area contributed by atoms with E-state index < -0.39 is 0 Å². The van der Waals surface area contributed by atoms with Crippen molar-refractivity contribution in [3.8, 4) is 0 Å². The zero-order valence-electron chi connectivity index (χ0n) is 18.5. The molecule has 0 aliphatic carbocycles. The van der Waals surface area contributed by atoms with Crippen LogP contribution < -0.4 is 10.6 Å². The summed E-state index contributed by atoms with van der Waals surface area (Å²) < 4.78 is 16.6. The number of nitrogens with zero attached hydrogens (tertiary/aromatic N) is 1. The largest absolute Gasteiger partial charge is 0.379 e. The Morgan fingerprint density at radius 1 is 1.07 bits per heavy atom. The lowest BCUT2D eigenvalue weighted by Gasteiger charge is -2.30. The van der Waals surface area contributed by atoms with Gasteiger partial charge in [-0.15, -0.1) is 0 Å². The van der Waals surface area contributed by atoms with Crippen molar-refractivity contribution in [2.24, 2.45) is 10.4 Å². The number of benzene rings is 1. The van der Waals surface area contributed by atoms with Gasteiger partial charge in [-0.25, -0.2) is 4.99 Å². The molecule has 1 atom stereocenters. The predicted octanol–water partition coefficient (Wildman–Crippen LogP) is 3.36. The van der Waals surface area contributed by atoms with E-state index >= 15 is 0 Å². The highest BCUT2D eigenvalue weighted by molar-refractivity contribution is 5.79. The Kier molecular flexibility index (Phi) is 11.8. The fraction of sp³-hybridized carbons (Fsp3) is 0.682. The summed E-state index contributed by atoms with van der Waals surface area (Å²) in [4.78, 5) is 4.71. The molecule has 0 saturated heterocycles. The van der Waals surface area contributed by atoms with Crippen LogP contribution in [0.2, 0.25) is 0 Å². The first-order valence-corrected chi connectivity index (χ1v) is 10.2. The van der Waals surface area contributed by atoms with E-state index in [1.54, 1.807) is 7.11 Å². The second kappa shape index (κ2) is 13.5. The zero-order valence-corrected chi connectivity index (χ0v) is 18.5. The van der Waals surface area contributed by atoms with Crippen LogP contribution in [0.25, 0.3) is 0 Å². The maximum atomic E-state index is 5.65. The predicted molar refractivity (Wildman–Crippen MR) is 116 cm³/mol. The molecule has 0 aromatic heterocycles. The fourth-order valence-electron chi connectivity index (χ4n) is 2.71. The molecule has 6 heteroatoms. The van der Waals surface area contributed by atoms with Gasteiger partial charge in [0.2, 0.25) is 0 Å². The summed E-state index contributed by atoms with van der Waals surface area (Å²) in [5.74, 6) is 0.798. The van der Waals surface area contributed by atoms with Crippen LogP contribution >= 0.6 is 0 Å². The van der Waals surface area contributed by atoms with Crippen molar-refractivity contribution < 1.29 is 14.2 Å². The SMILES string of the molecule is CCNC(=NCc1cccc(COCCOCC)c1)NCC(OC)C(C)(C)C. The summed E-state index contributed by atoms with van der Waals surface area (Å²) in [6, 6.07) is 8.35. The molecule has 160 valence electrons. The summed E-state index contributed by atoms with van der Waals surface area (Å²) in [6.45, 7) is 15.3. The zero-order chi connectivity index (χ0) is 20.8. The Labute approximate surface area is 171 Å². The molecule has 2 N–H and O–H groups in total. The summed E-state index contributed by atoms with van der Waals surface area (Å²) in [5.41, 5.74) is 2.37. The summed E-state index contributed by atoms with van der Waals surface area (Å²) in [6.07, 6.45) is 0.105. The van der Waals surface area contributed by atoms with E-state index in [-0.39, 0.29) is 11.5 Å². The smallest absolute Gasteiger partial charge is 0.191 e. The Bertz CT molecular complexity index is 570. The van der Waals surface area contributed by atoms with Crippen molar-refractivity contribution in [3.05, 3.63) is 35.4 Å². The third-order valence-electron chi connectivity index (χ3n) is 4.31. The quantitative estimate of drug-likeness (QED) is 0.324. The Morgan fingerprint density at radius 2 is 1.79 bits per heavy atom. The molecule has 0 radical (unpaired) electrons. The van der Waals surface area contributed by atoms with Crippen LogP contribution in [0.3, 0.4) is 0 Å². The first-order chi connectivity index (χ1) is 13.4. The van der Waals surface area contributed by atoms with Gasteiger partial charge in [-0.05, 0) is 30.4 Å². The molecule has 0 fully saturated rings. The van der Waals surface area contributed by atoms with E-state index in [9.17, 15) is 0 Å². The molecular formula is C22H39N3O3. The number of hydrogen-bond acceptors (Lipinski definition) is 4. The maximum Gasteiger partial charge on any atom is 0.191 e. The van der Waals surface area contributed by atoms with E-state index in [0.29, 0.717) is 32.9 Å². The third-order valence-corrected chi connectivity index (χ3v) is 4.31. The van der Waals surface area contributed by atoms with Gasteiger partial charge in [0.1, 0.15) is 0 Å². The number of ether oxygens (including phenoxy) is 3. The second-order valence-corrected chi connectivity index (χ2v) is 7.74. The highest BCUT2D eigenvalue weighted by Gasteiger charge is 2.24. The molecule has 1 aromatic carbocycles. The van der Waals surface area contributed by atoms with Crippen LogP contribution in [0.5, 0.6) is 0 Å². The third kappa shape index (κ3) is 10.1. The van der Waals surface area contributed by atoms with Gasteiger partial charge in [0.05, 0.1) is 32.5 Å². The first-order valence-electron chi connectivity index (χ1n) is 10.2. The normalized spacial score (nSPS) is 13.4. The molecular weight excluding hydrogens is 354 g/mol. The van der Waals surface area contributed by atoms with Gasteiger partial charge in [-0.2, -0.15) is 0 Å². The van der Waals surface area contributed by atoms with Gasteiger partial charge < -0.3 is 24.8 Å². The van der Waals surface area contributed by atoms with Crippen molar-refractivity contribution in [2.45, 2.75) is 53.9 Å².